The summed E-state index contributed by atoms with van der Waals surface area (Å²) in [7, 11) is 1.70. The Morgan fingerprint density at radius 2 is 1.70 bits per heavy atom. The van der Waals surface area contributed by atoms with Gasteiger partial charge >= 0.3 is 0 Å². The number of aryl methyl sites for hydroxylation is 2. The molecule has 2 aromatic heterocycles. The zero-order valence-corrected chi connectivity index (χ0v) is 19.7. The van der Waals surface area contributed by atoms with Crippen molar-refractivity contribution in [2.45, 2.75) is 25.9 Å². The van der Waals surface area contributed by atoms with Gasteiger partial charge in [-0.3, -0.25) is 4.98 Å². The van der Waals surface area contributed by atoms with E-state index in [9.17, 15) is 0 Å². The Hall–Kier alpha value is -3.64. The zero-order chi connectivity index (χ0) is 22.9. The Bertz CT molecular complexity index is 1280. The van der Waals surface area contributed by atoms with Crippen LogP contribution >= 0.6 is 12.2 Å². The number of benzene rings is 2. The van der Waals surface area contributed by atoms with Crippen LogP contribution in [0.5, 0.6) is 5.75 Å². The standard InChI is InChI=1S/C27H26N4OS/c1-18-15-19(2)17-20(16-18)31-26(25(29-27(31)33)21-9-6-7-13-28-21)23-11-8-14-30(23)22-10-4-5-12-24(22)32-3/h4-17,25-26H,1-3H3,(H,29,33). The third kappa shape index (κ3) is 3.87. The molecule has 5 rings (SSSR count). The maximum absolute atomic E-state index is 5.90. The second kappa shape index (κ2) is 8.71. The van der Waals surface area contributed by atoms with Gasteiger partial charge in [0.2, 0.25) is 0 Å². The minimum Gasteiger partial charge on any atom is -0.495 e. The van der Waals surface area contributed by atoms with E-state index in [4.69, 9.17) is 17.0 Å². The number of nitrogens with zero attached hydrogens (tertiary/aromatic N) is 3. The van der Waals surface area contributed by atoms with Crippen molar-refractivity contribution < 1.29 is 4.74 Å². The molecule has 2 atom stereocenters. The molecule has 0 spiro atoms. The lowest BCUT2D eigenvalue weighted by atomic mass is 10.00. The lowest BCUT2D eigenvalue weighted by Crippen LogP contribution is -2.30. The highest BCUT2D eigenvalue weighted by Gasteiger charge is 2.42. The van der Waals surface area contributed by atoms with Crippen LogP contribution in [0, 0.1) is 13.8 Å². The van der Waals surface area contributed by atoms with Gasteiger partial charge in [-0.2, -0.15) is 0 Å². The van der Waals surface area contributed by atoms with Crippen LogP contribution in [-0.2, 0) is 0 Å². The van der Waals surface area contributed by atoms with Crippen molar-refractivity contribution in [1.29, 1.82) is 0 Å². The molecule has 3 heterocycles. The molecule has 1 N–H and O–H groups in total. The second-order valence-electron chi connectivity index (χ2n) is 8.32. The Morgan fingerprint density at radius 3 is 2.42 bits per heavy atom. The third-order valence-electron chi connectivity index (χ3n) is 6.01. The first-order valence-corrected chi connectivity index (χ1v) is 11.4. The number of pyridine rings is 1. The quantitative estimate of drug-likeness (QED) is 0.393. The summed E-state index contributed by atoms with van der Waals surface area (Å²) in [5.74, 6) is 0.816. The van der Waals surface area contributed by atoms with Crippen LogP contribution in [0.15, 0.2) is 85.2 Å². The number of hydrogen-bond acceptors (Lipinski definition) is 3. The SMILES string of the molecule is COc1ccccc1-n1cccc1C1C(c2ccccn2)NC(=S)N1c1cc(C)cc(C)c1. The molecule has 0 bridgehead atoms. The molecular formula is C27H26N4OS. The summed E-state index contributed by atoms with van der Waals surface area (Å²) in [5.41, 5.74) is 6.51. The molecule has 4 aromatic rings. The normalized spacial score (nSPS) is 17.8. The molecule has 1 aliphatic rings. The highest BCUT2D eigenvalue weighted by Crippen LogP contribution is 2.43. The van der Waals surface area contributed by atoms with Gasteiger partial charge in [0, 0.05) is 23.8 Å². The van der Waals surface area contributed by atoms with Gasteiger partial charge in [-0.15, -0.1) is 0 Å². The summed E-state index contributed by atoms with van der Waals surface area (Å²) < 4.78 is 7.86. The third-order valence-corrected chi connectivity index (χ3v) is 6.33. The Labute approximate surface area is 199 Å². The van der Waals surface area contributed by atoms with Crippen LogP contribution in [0.3, 0.4) is 0 Å². The second-order valence-corrected chi connectivity index (χ2v) is 8.70. The fourth-order valence-corrected chi connectivity index (χ4v) is 5.05. The monoisotopic (exact) mass is 454 g/mol. The Kier molecular flexibility index (Phi) is 5.60. The van der Waals surface area contributed by atoms with Gasteiger partial charge in [0.15, 0.2) is 5.11 Å². The van der Waals surface area contributed by atoms with Gasteiger partial charge in [-0.05, 0) is 85.7 Å². The van der Waals surface area contributed by atoms with Crippen molar-refractivity contribution in [3.63, 3.8) is 0 Å². The number of aromatic nitrogens is 2. The number of anilines is 1. The lowest BCUT2D eigenvalue weighted by molar-refractivity contribution is 0.412. The maximum atomic E-state index is 5.90. The minimum atomic E-state index is -0.108. The topological polar surface area (TPSA) is 42.3 Å². The molecule has 33 heavy (non-hydrogen) atoms. The highest BCUT2D eigenvalue weighted by molar-refractivity contribution is 7.80. The molecule has 2 unspecified atom stereocenters. The van der Waals surface area contributed by atoms with E-state index in [0.29, 0.717) is 5.11 Å². The van der Waals surface area contributed by atoms with Crippen LogP contribution in [0.2, 0.25) is 0 Å². The van der Waals surface area contributed by atoms with E-state index in [1.165, 1.54) is 11.1 Å². The molecular weight excluding hydrogens is 428 g/mol. The number of nitrogens with one attached hydrogen (secondary N) is 1. The summed E-state index contributed by atoms with van der Waals surface area (Å²) in [6.07, 6.45) is 3.90. The van der Waals surface area contributed by atoms with Gasteiger partial charge in [0.1, 0.15) is 11.8 Å². The van der Waals surface area contributed by atoms with E-state index < -0.39 is 0 Å². The smallest absolute Gasteiger partial charge is 0.174 e. The molecule has 0 saturated carbocycles. The van der Waals surface area contributed by atoms with Crippen molar-refractivity contribution in [2.75, 3.05) is 12.0 Å². The van der Waals surface area contributed by atoms with Crippen LogP contribution in [-0.4, -0.2) is 21.8 Å². The Morgan fingerprint density at radius 1 is 0.939 bits per heavy atom. The van der Waals surface area contributed by atoms with Gasteiger partial charge in [-0.1, -0.05) is 24.3 Å². The molecule has 5 nitrogen and oxygen atoms in total. The van der Waals surface area contributed by atoms with Gasteiger partial charge in [0.05, 0.1) is 24.5 Å². The number of para-hydroxylation sites is 2. The van der Waals surface area contributed by atoms with E-state index >= 15 is 0 Å². The molecule has 6 heteroatoms. The number of ether oxygens (including phenoxy) is 1. The van der Waals surface area contributed by atoms with Crippen molar-refractivity contribution >= 4 is 23.0 Å². The Balaban J connectivity index is 1.70. The molecule has 1 fully saturated rings. The van der Waals surface area contributed by atoms with Crippen LogP contribution in [0.25, 0.3) is 5.69 Å². The predicted octanol–water partition coefficient (Wildman–Crippen LogP) is 5.67. The van der Waals surface area contributed by atoms with E-state index in [0.717, 1.165) is 28.5 Å². The molecule has 2 aromatic carbocycles. The summed E-state index contributed by atoms with van der Waals surface area (Å²) in [4.78, 5) is 6.89. The van der Waals surface area contributed by atoms with Gasteiger partial charge in [0.25, 0.3) is 0 Å². The first kappa shape index (κ1) is 21.2. The van der Waals surface area contributed by atoms with Crippen molar-refractivity contribution in [3.8, 4) is 11.4 Å². The number of methoxy groups -OCH3 is 1. The fourth-order valence-electron chi connectivity index (χ4n) is 4.71. The lowest BCUT2D eigenvalue weighted by Gasteiger charge is -2.29. The molecule has 1 aliphatic heterocycles. The summed E-state index contributed by atoms with van der Waals surface area (Å²) in [6.45, 7) is 4.23. The van der Waals surface area contributed by atoms with Crippen molar-refractivity contribution in [2.24, 2.45) is 0 Å². The van der Waals surface area contributed by atoms with Crippen LogP contribution < -0.4 is 15.0 Å². The molecule has 0 aliphatic carbocycles. The number of rotatable bonds is 5. The van der Waals surface area contributed by atoms with Crippen molar-refractivity contribution in [1.82, 2.24) is 14.9 Å². The van der Waals surface area contributed by atoms with Gasteiger partial charge < -0.3 is 19.5 Å². The summed E-state index contributed by atoms with van der Waals surface area (Å²) in [6, 6.07) is 24.6. The zero-order valence-electron chi connectivity index (χ0n) is 18.9. The van der Waals surface area contributed by atoms with E-state index in [-0.39, 0.29) is 12.1 Å². The maximum Gasteiger partial charge on any atom is 0.174 e. The van der Waals surface area contributed by atoms with E-state index in [1.54, 1.807) is 7.11 Å². The molecule has 166 valence electrons. The fraction of sp³-hybridized carbons (Fsp3) is 0.185. The summed E-state index contributed by atoms with van der Waals surface area (Å²) in [5, 5.41) is 4.24. The molecule has 0 amide bonds. The highest BCUT2D eigenvalue weighted by atomic mass is 32.1. The average Bonchev–Trinajstić information content (AvgIpc) is 3.43. The minimum absolute atomic E-state index is 0.103. The van der Waals surface area contributed by atoms with E-state index in [1.807, 2.05) is 36.5 Å². The largest absolute Gasteiger partial charge is 0.495 e. The first-order valence-electron chi connectivity index (χ1n) is 11.0. The average molecular weight is 455 g/mol. The van der Waals surface area contributed by atoms with Crippen molar-refractivity contribution in [3.05, 3.63) is 108 Å². The number of hydrogen-bond donors (Lipinski definition) is 1. The van der Waals surface area contributed by atoms with Gasteiger partial charge in [-0.25, -0.2) is 0 Å². The predicted molar refractivity (Wildman–Crippen MR) is 136 cm³/mol. The summed E-state index contributed by atoms with van der Waals surface area (Å²) >= 11 is 5.90. The van der Waals surface area contributed by atoms with Crippen LogP contribution in [0.4, 0.5) is 5.69 Å². The number of thiocarbonyl (C=S) groups is 1. The van der Waals surface area contributed by atoms with Crippen LogP contribution in [0.1, 0.15) is 34.6 Å². The molecule has 1 saturated heterocycles. The van der Waals surface area contributed by atoms with E-state index in [2.05, 4.69) is 82.3 Å². The first-order chi connectivity index (χ1) is 16.1. The molecule has 0 radical (unpaired) electrons.